The Morgan fingerprint density at radius 1 is 0.882 bits per heavy atom. The molecule has 9 heteroatoms. The molecular weight excluding hydrogens is 458 g/mol. The predicted octanol–water partition coefficient (Wildman–Crippen LogP) is 7.73. The lowest BCUT2D eigenvalue weighted by atomic mass is 10.0. The SMILES string of the molecule is C=C1NC(=O)N(CCOP(=O)(O)OCCCCCCCCCCCCCCCCCC)C=C1F. The third kappa shape index (κ3) is 15.6. The summed E-state index contributed by atoms with van der Waals surface area (Å²) in [6.45, 7) is 5.42. The van der Waals surface area contributed by atoms with Crippen molar-refractivity contribution < 1.29 is 27.7 Å². The van der Waals surface area contributed by atoms with Crippen LogP contribution < -0.4 is 5.32 Å². The first-order chi connectivity index (χ1) is 16.4. The van der Waals surface area contributed by atoms with Gasteiger partial charge in [0.05, 0.1) is 25.5 Å². The molecule has 0 aliphatic carbocycles. The molecular formula is C25H46FN2O5P. The van der Waals surface area contributed by atoms with Gasteiger partial charge >= 0.3 is 13.9 Å². The van der Waals surface area contributed by atoms with Crippen LogP contribution in [0.5, 0.6) is 0 Å². The van der Waals surface area contributed by atoms with E-state index in [1.807, 2.05) is 0 Å². The van der Waals surface area contributed by atoms with Crippen LogP contribution in [-0.4, -0.2) is 35.6 Å². The van der Waals surface area contributed by atoms with Gasteiger partial charge in [0.25, 0.3) is 0 Å². The van der Waals surface area contributed by atoms with Crippen LogP contribution in [0.15, 0.2) is 24.3 Å². The summed E-state index contributed by atoms with van der Waals surface area (Å²) in [6.07, 6.45) is 21.1. The van der Waals surface area contributed by atoms with E-state index < -0.39 is 19.7 Å². The van der Waals surface area contributed by atoms with E-state index in [-0.39, 0.29) is 25.5 Å². The van der Waals surface area contributed by atoms with Gasteiger partial charge in [-0.3, -0.25) is 13.9 Å². The standard InChI is InChI=1S/C25H46FN2O5P/c1-3-4-5-6-7-8-9-10-11-12-13-14-15-16-17-18-20-32-34(30,31)33-21-19-28-22-24(26)23(2)27-25(28)29/h22H,2-21H2,1H3,(H,27,29)(H,30,31). The van der Waals surface area contributed by atoms with Gasteiger partial charge in [-0.1, -0.05) is 110 Å². The van der Waals surface area contributed by atoms with Gasteiger partial charge in [0.1, 0.15) is 0 Å². The van der Waals surface area contributed by atoms with Crippen LogP contribution in [0.2, 0.25) is 0 Å². The summed E-state index contributed by atoms with van der Waals surface area (Å²) in [7, 11) is -4.19. The highest BCUT2D eigenvalue weighted by atomic mass is 31.2. The summed E-state index contributed by atoms with van der Waals surface area (Å²) < 4.78 is 35.2. The van der Waals surface area contributed by atoms with E-state index in [4.69, 9.17) is 9.05 Å². The molecule has 0 saturated heterocycles. The number of urea groups is 1. The molecule has 1 rings (SSSR count). The number of nitrogens with one attached hydrogen (secondary N) is 1. The molecule has 0 fully saturated rings. The minimum atomic E-state index is -4.19. The highest BCUT2D eigenvalue weighted by Gasteiger charge is 2.24. The fraction of sp³-hybridized carbons (Fsp3) is 0.800. The minimum absolute atomic E-state index is 0.0838. The molecule has 1 aliphatic rings. The highest BCUT2D eigenvalue weighted by Crippen LogP contribution is 2.43. The summed E-state index contributed by atoms with van der Waals surface area (Å²) in [6, 6.07) is -0.572. The van der Waals surface area contributed by atoms with Gasteiger partial charge in [-0.05, 0) is 6.42 Å². The van der Waals surface area contributed by atoms with Crippen LogP contribution in [0.3, 0.4) is 0 Å². The Kier molecular flexibility index (Phi) is 17.3. The zero-order valence-corrected chi connectivity index (χ0v) is 22.0. The molecule has 1 unspecified atom stereocenters. The predicted molar refractivity (Wildman–Crippen MR) is 135 cm³/mol. The van der Waals surface area contributed by atoms with Crippen LogP contribution in [-0.2, 0) is 13.6 Å². The van der Waals surface area contributed by atoms with Crippen molar-refractivity contribution in [2.24, 2.45) is 0 Å². The molecule has 0 spiro atoms. The summed E-state index contributed by atoms with van der Waals surface area (Å²) in [4.78, 5) is 22.4. The number of unbranched alkanes of at least 4 members (excludes halogenated alkanes) is 15. The lowest BCUT2D eigenvalue weighted by Gasteiger charge is -2.24. The van der Waals surface area contributed by atoms with Crippen molar-refractivity contribution in [1.29, 1.82) is 0 Å². The van der Waals surface area contributed by atoms with Gasteiger partial charge in [-0.15, -0.1) is 0 Å². The molecule has 1 aliphatic heterocycles. The summed E-state index contributed by atoms with van der Waals surface area (Å²) in [5.41, 5.74) is -0.114. The Morgan fingerprint density at radius 2 is 1.32 bits per heavy atom. The van der Waals surface area contributed by atoms with E-state index in [0.717, 1.165) is 23.9 Å². The number of phosphoric acid groups is 1. The molecule has 1 heterocycles. The van der Waals surface area contributed by atoms with Crippen LogP contribution in [0.25, 0.3) is 0 Å². The van der Waals surface area contributed by atoms with Crippen LogP contribution >= 0.6 is 7.82 Å². The topological polar surface area (TPSA) is 88.1 Å². The lowest BCUT2D eigenvalue weighted by Crippen LogP contribution is -2.41. The fourth-order valence-electron chi connectivity index (χ4n) is 3.82. The molecule has 0 aromatic rings. The number of nitrogens with zero attached hydrogens (tertiary/aromatic N) is 1. The maximum absolute atomic E-state index is 13.5. The largest absolute Gasteiger partial charge is 0.472 e. The van der Waals surface area contributed by atoms with E-state index >= 15 is 0 Å². The summed E-state index contributed by atoms with van der Waals surface area (Å²) >= 11 is 0. The Labute approximate surface area is 205 Å². The Balaban J connectivity index is 1.90. The van der Waals surface area contributed by atoms with E-state index in [9.17, 15) is 18.6 Å². The second-order valence-corrected chi connectivity index (χ2v) is 10.5. The van der Waals surface area contributed by atoms with Crippen LogP contribution in [0, 0.1) is 0 Å². The molecule has 7 nitrogen and oxygen atoms in total. The van der Waals surface area contributed by atoms with Gasteiger partial charge in [-0.25, -0.2) is 13.8 Å². The smallest absolute Gasteiger partial charge is 0.305 e. The molecule has 2 amide bonds. The van der Waals surface area contributed by atoms with E-state index in [0.29, 0.717) is 6.42 Å². The van der Waals surface area contributed by atoms with Gasteiger partial charge in [0, 0.05) is 6.20 Å². The quantitative estimate of drug-likeness (QED) is 0.116. The highest BCUT2D eigenvalue weighted by molar-refractivity contribution is 7.47. The monoisotopic (exact) mass is 504 g/mol. The zero-order chi connectivity index (χ0) is 25.1. The third-order valence-corrected chi connectivity index (χ3v) is 6.93. The molecule has 0 radical (unpaired) electrons. The molecule has 0 aromatic carbocycles. The van der Waals surface area contributed by atoms with Crippen LogP contribution in [0.4, 0.5) is 9.18 Å². The first-order valence-electron chi connectivity index (χ1n) is 13.1. The van der Waals surface area contributed by atoms with E-state index in [1.54, 1.807) is 0 Å². The van der Waals surface area contributed by atoms with Gasteiger partial charge < -0.3 is 10.2 Å². The number of halogens is 1. The number of rotatable bonds is 22. The number of allylic oxidation sites excluding steroid dienone is 1. The van der Waals surface area contributed by atoms with Crippen molar-refractivity contribution >= 4 is 13.9 Å². The Bertz CT molecular complexity index is 659. The van der Waals surface area contributed by atoms with Gasteiger partial charge in [0.2, 0.25) is 0 Å². The van der Waals surface area contributed by atoms with Crippen molar-refractivity contribution in [2.45, 2.75) is 110 Å². The van der Waals surface area contributed by atoms with Gasteiger partial charge in [0.15, 0.2) is 5.83 Å². The second-order valence-electron chi connectivity index (χ2n) is 9.02. The number of carbonyl (C=O) groups excluding carboxylic acids is 1. The second kappa shape index (κ2) is 19.0. The first-order valence-corrected chi connectivity index (χ1v) is 14.6. The summed E-state index contributed by atoms with van der Waals surface area (Å²) in [5.74, 6) is -0.675. The lowest BCUT2D eigenvalue weighted by molar-refractivity contribution is 0.137. The maximum Gasteiger partial charge on any atom is 0.472 e. The molecule has 198 valence electrons. The Hall–Kier alpha value is -1.21. The number of carbonyl (C=O) groups is 1. The minimum Gasteiger partial charge on any atom is -0.305 e. The number of phosphoric ester groups is 1. The fourth-order valence-corrected chi connectivity index (χ4v) is 4.57. The van der Waals surface area contributed by atoms with Crippen molar-refractivity contribution in [2.75, 3.05) is 19.8 Å². The van der Waals surface area contributed by atoms with Crippen molar-refractivity contribution in [3.05, 3.63) is 24.3 Å². The van der Waals surface area contributed by atoms with Crippen molar-refractivity contribution in [3.8, 4) is 0 Å². The molecule has 2 N–H and O–H groups in total. The van der Waals surface area contributed by atoms with E-state index in [2.05, 4.69) is 18.8 Å². The number of hydrogen-bond acceptors (Lipinski definition) is 4. The Morgan fingerprint density at radius 3 is 1.82 bits per heavy atom. The maximum atomic E-state index is 13.5. The van der Waals surface area contributed by atoms with E-state index in [1.165, 1.54) is 83.5 Å². The molecule has 34 heavy (non-hydrogen) atoms. The van der Waals surface area contributed by atoms with Crippen LogP contribution in [0.1, 0.15) is 110 Å². The number of amides is 2. The summed E-state index contributed by atoms with van der Waals surface area (Å²) in [5, 5.41) is 2.24. The molecule has 0 saturated carbocycles. The molecule has 1 atom stereocenters. The molecule has 0 bridgehead atoms. The normalized spacial score (nSPS) is 15.9. The average molecular weight is 505 g/mol. The van der Waals surface area contributed by atoms with Gasteiger partial charge in [-0.2, -0.15) is 0 Å². The van der Waals surface area contributed by atoms with Crippen molar-refractivity contribution in [3.63, 3.8) is 0 Å². The third-order valence-electron chi connectivity index (χ3n) is 5.92. The number of hydrogen-bond donors (Lipinski definition) is 2. The average Bonchev–Trinajstić information content (AvgIpc) is 2.79. The molecule has 0 aromatic heterocycles. The first kappa shape index (κ1) is 30.8. The zero-order valence-electron chi connectivity index (χ0n) is 21.1. The van der Waals surface area contributed by atoms with Crippen molar-refractivity contribution in [1.82, 2.24) is 10.2 Å².